The second kappa shape index (κ2) is 9.28. The van der Waals surface area contributed by atoms with Gasteiger partial charge in [0, 0.05) is 11.4 Å². The summed E-state index contributed by atoms with van der Waals surface area (Å²) >= 11 is 5.68. The number of halogens is 5. The van der Waals surface area contributed by atoms with Gasteiger partial charge >= 0.3 is 12.2 Å². The molecule has 3 N–H and O–H groups in total. The van der Waals surface area contributed by atoms with Crippen LogP contribution >= 0.6 is 11.6 Å². The number of alkyl halides is 3. The van der Waals surface area contributed by atoms with E-state index in [2.05, 4.69) is 15.4 Å². The van der Waals surface area contributed by atoms with E-state index in [9.17, 15) is 30.8 Å². The first kappa shape index (κ1) is 24.3. The first-order chi connectivity index (χ1) is 15.3. The molecule has 0 saturated carbocycles. The molecule has 3 aromatic carbocycles. The Morgan fingerprint density at radius 2 is 1.55 bits per heavy atom. The fraction of sp³-hybridized carbons (Fsp3) is 0.0952. The molecule has 2 amide bonds. The van der Waals surface area contributed by atoms with E-state index in [0.29, 0.717) is 5.56 Å². The number of anilines is 3. The van der Waals surface area contributed by atoms with Gasteiger partial charge in [-0.3, -0.25) is 4.72 Å². The standard InChI is InChI=1S/C21H16ClF4N3O3S/c1-12-5-6-15(28-20(30)27-14-4-2-3-13(9-14)21(24,25)26)11-19(12)33(31,32)29-16-7-8-18(23)17(22)10-16/h2-11,29H,1H3,(H2,27,28,30). The summed E-state index contributed by atoms with van der Waals surface area (Å²) in [6.45, 7) is 1.53. The molecule has 12 heteroatoms. The smallest absolute Gasteiger partial charge is 0.308 e. The van der Waals surface area contributed by atoms with Crippen LogP contribution in [0.25, 0.3) is 0 Å². The van der Waals surface area contributed by atoms with Gasteiger partial charge in [0.05, 0.1) is 21.2 Å². The van der Waals surface area contributed by atoms with Gasteiger partial charge in [-0.1, -0.05) is 23.7 Å². The van der Waals surface area contributed by atoms with Gasteiger partial charge in [-0.15, -0.1) is 0 Å². The van der Waals surface area contributed by atoms with Gasteiger partial charge in [-0.25, -0.2) is 17.6 Å². The summed E-state index contributed by atoms with van der Waals surface area (Å²) in [6.07, 6.45) is -4.57. The summed E-state index contributed by atoms with van der Waals surface area (Å²) in [5.74, 6) is -0.714. The van der Waals surface area contributed by atoms with Crippen LogP contribution in [0.3, 0.4) is 0 Å². The highest BCUT2D eigenvalue weighted by Gasteiger charge is 2.30. The molecule has 0 atom stereocenters. The molecule has 0 bridgehead atoms. The van der Waals surface area contributed by atoms with Crippen LogP contribution in [0, 0.1) is 12.7 Å². The summed E-state index contributed by atoms with van der Waals surface area (Å²) < 4.78 is 79.7. The molecule has 33 heavy (non-hydrogen) atoms. The fourth-order valence-corrected chi connectivity index (χ4v) is 4.31. The van der Waals surface area contributed by atoms with Crippen molar-refractivity contribution < 1.29 is 30.8 Å². The minimum atomic E-state index is -4.57. The molecule has 0 aromatic heterocycles. The van der Waals surface area contributed by atoms with E-state index in [0.717, 1.165) is 30.3 Å². The predicted molar refractivity (Wildman–Crippen MR) is 117 cm³/mol. The van der Waals surface area contributed by atoms with Crippen molar-refractivity contribution >= 4 is 44.7 Å². The third kappa shape index (κ3) is 6.14. The Labute approximate surface area is 191 Å². The van der Waals surface area contributed by atoms with E-state index in [-0.39, 0.29) is 27.0 Å². The van der Waals surface area contributed by atoms with Crippen molar-refractivity contribution in [2.75, 3.05) is 15.4 Å². The predicted octanol–water partition coefficient (Wildman–Crippen LogP) is 6.25. The summed E-state index contributed by atoms with van der Waals surface area (Å²) in [4.78, 5) is 12.0. The van der Waals surface area contributed by atoms with Crippen molar-refractivity contribution in [1.29, 1.82) is 0 Å². The normalized spacial score (nSPS) is 11.7. The van der Waals surface area contributed by atoms with Crippen LogP contribution in [0.15, 0.2) is 65.6 Å². The number of carbonyl (C=O) groups excluding carboxylic acids is 1. The van der Waals surface area contributed by atoms with Crippen LogP contribution in [0.4, 0.5) is 39.4 Å². The number of urea groups is 1. The Morgan fingerprint density at radius 1 is 0.909 bits per heavy atom. The Bertz CT molecular complexity index is 1310. The van der Waals surface area contributed by atoms with E-state index in [1.165, 1.54) is 37.3 Å². The number of hydrogen-bond acceptors (Lipinski definition) is 3. The summed E-state index contributed by atoms with van der Waals surface area (Å²) in [5, 5.41) is 4.37. The third-order valence-electron chi connectivity index (χ3n) is 4.36. The number of rotatable bonds is 5. The zero-order chi connectivity index (χ0) is 24.4. The molecule has 0 unspecified atom stereocenters. The second-order valence-electron chi connectivity index (χ2n) is 6.87. The molecule has 0 fully saturated rings. The zero-order valence-electron chi connectivity index (χ0n) is 16.8. The molecule has 3 rings (SSSR count). The summed E-state index contributed by atoms with van der Waals surface area (Å²) in [5.41, 5.74) is -0.586. The van der Waals surface area contributed by atoms with Crippen molar-refractivity contribution in [2.24, 2.45) is 0 Å². The van der Waals surface area contributed by atoms with Gasteiger partial charge in [0.2, 0.25) is 0 Å². The van der Waals surface area contributed by atoms with Gasteiger partial charge in [-0.2, -0.15) is 13.2 Å². The van der Waals surface area contributed by atoms with Gasteiger partial charge in [0.1, 0.15) is 5.82 Å². The minimum absolute atomic E-state index is 0.0291. The lowest BCUT2D eigenvalue weighted by Gasteiger charge is -2.14. The quantitative estimate of drug-likeness (QED) is 0.361. The molecule has 3 aromatic rings. The monoisotopic (exact) mass is 501 g/mol. The van der Waals surface area contributed by atoms with Crippen molar-refractivity contribution in [2.45, 2.75) is 18.0 Å². The first-order valence-electron chi connectivity index (χ1n) is 9.19. The van der Waals surface area contributed by atoms with Crippen LogP contribution in [-0.4, -0.2) is 14.4 Å². The molecule has 0 radical (unpaired) electrons. The average Bonchev–Trinajstić information content (AvgIpc) is 2.71. The van der Waals surface area contributed by atoms with Gasteiger partial charge < -0.3 is 10.6 Å². The Hall–Kier alpha value is -3.31. The molecule has 0 saturated heterocycles. The fourth-order valence-electron chi connectivity index (χ4n) is 2.80. The Kier molecular flexibility index (Phi) is 6.84. The highest BCUT2D eigenvalue weighted by Crippen LogP contribution is 2.31. The molecule has 0 aliphatic rings. The van der Waals surface area contributed by atoms with Gasteiger partial charge in [0.15, 0.2) is 0 Å². The van der Waals surface area contributed by atoms with Crippen molar-refractivity contribution in [3.05, 3.63) is 82.6 Å². The van der Waals surface area contributed by atoms with Gasteiger partial charge in [0.25, 0.3) is 10.0 Å². The molecule has 174 valence electrons. The first-order valence-corrected chi connectivity index (χ1v) is 11.0. The van der Waals surface area contributed by atoms with E-state index < -0.39 is 33.6 Å². The highest BCUT2D eigenvalue weighted by molar-refractivity contribution is 7.92. The lowest BCUT2D eigenvalue weighted by molar-refractivity contribution is -0.137. The number of nitrogens with one attached hydrogen (secondary N) is 3. The summed E-state index contributed by atoms with van der Waals surface area (Å²) in [6, 6.07) is 10.5. The van der Waals surface area contributed by atoms with Crippen LogP contribution in [-0.2, 0) is 16.2 Å². The van der Waals surface area contributed by atoms with Crippen LogP contribution in [0.1, 0.15) is 11.1 Å². The third-order valence-corrected chi connectivity index (χ3v) is 6.17. The van der Waals surface area contributed by atoms with Crippen molar-refractivity contribution in [1.82, 2.24) is 0 Å². The number of aryl methyl sites for hydroxylation is 1. The lowest BCUT2D eigenvalue weighted by atomic mass is 10.2. The lowest BCUT2D eigenvalue weighted by Crippen LogP contribution is -2.20. The van der Waals surface area contributed by atoms with E-state index in [1.54, 1.807) is 0 Å². The number of sulfonamides is 1. The van der Waals surface area contributed by atoms with E-state index in [4.69, 9.17) is 11.6 Å². The average molecular weight is 502 g/mol. The van der Waals surface area contributed by atoms with Crippen LogP contribution in [0.5, 0.6) is 0 Å². The maximum absolute atomic E-state index is 13.3. The highest BCUT2D eigenvalue weighted by atomic mass is 35.5. The molecule has 0 spiro atoms. The molecular formula is C21H16ClF4N3O3S. The maximum atomic E-state index is 13.3. The number of amides is 2. The largest absolute Gasteiger partial charge is 0.416 e. The summed E-state index contributed by atoms with van der Waals surface area (Å²) in [7, 11) is -4.14. The number of carbonyl (C=O) groups is 1. The molecular weight excluding hydrogens is 486 g/mol. The zero-order valence-corrected chi connectivity index (χ0v) is 18.4. The van der Waals surface area contributed by atoms with E-state index >= 15 is 0 Å². The van der Waals surface area contributed by atoms with Crippen molar-refractivity contribution in [3.63, 3.8) is 0 Å². The molecule has 6 nitrogen and oxygen atoms in total. The number of benzene rings is 3. The molecule has 0 aliphatic carbocycles. The molecule has 0 aliphatic heterocycles. The topological polar surface area (TPSA) is 87.3 Å². The van der Waals surface area contributed by atoms with E-state index in [1.807, 2.05) is 0 Å². The molecule has 0 heterocycles. The van der Waals surface area contributed by atoms with Crippen LogP contribution in [0.2, 0.25) is 5.02 Å². The second-order valence-corrected chi connectivity index (χ2v) is 8.93. The maximum Gasteiger partial charge on any atom is 0.416 e. The number of hydrogen-bond donors (Lipinski definition) is 3. The van der Waals surface area contributed by atoms with Crippen LogP contribution < -0.4 is 15.4 Å². The Balaban J connectivity index is 1.78. The Morgan fingerprint density at radius 3 is 2.18 bits per heavy atom. The van der Waals surface area contributed by atoms with Crippen molar-refractivity contribution in [3.8, 4) is 0 Å². The minimum Gasteiger partial charge on any atom is -0.308 e. The van der Waals surface area contributed by atoms with Gasteiger partial charge in [-0.05, 0) is 61.0 Å². The SMILES string of the molecule is Cc1ccc(NC(=O)Nc2cccc(C(F)(F)F)c2)cc1S(=O)(=O)Nc1ccc(F)c(Cl)c1.